The van der Waals surface area contributed by atoms with Crippen molar-refractivity contribution in [3.05, 3.63) is 23.2 Å². The second-order valence-corrected chi connectivity index (χ2v) is 7.18. The maximum absolute atomic E-state index is 12.0. The van der Waals surface area contributed by atoms with Crippen LogP contribution in [-0.4, -0.2) is 33.3 Å². The Balaban J connectivity index is 2.03. The first-order chi connectivity index (χ1) is 11.9. The van der Waals surface area contributed by atoms with Crippen LogP contribution in [-0.2, 0) is 11.3 Å². The molecule has 0 radical (unpaired) electrons. The van der Waals surface area contributed by atoms with Crippen molar-refractivity contribution in [2.24, 2.45) is 0 Å². The van der Waals surface area contributed by atoms with Crippen LogP contribution in [0.25, 0.3) is 11.0 Å². The Morgan fingerprint density at radius 2 is 2.12 bits per heavy atom. The van der Waals surface area contributed by atoms with Crippen molar-refractivity contribution >= 4 is 46.3 Å². The van der Waals surface area contributed by atoms with Crippen LogP contribution < -0.4 is 10.6 Å². The zero-order valence-electron chi connectivity index (χ0n) is 14.6. The SMILES string of the molecule is CCCn1c(SCC(=O)NC(=O)N[C@@H](C)CC)nc2cc(Cl)ccc21. The summed E-state index contributed by atoms with van der Waals surface area (Å²) in [5.74, 6) is -0.228. The number of hydrogen-bond acceptors (Lipinski definition) is 4. The summed E-state index contributed by atoms with van der Waals surface area (Å²) in [6, 6.07) is 5.14. The Morgan fingerprint density at radius 1 is 1.36 bits per heavy atom. The van der Waals surface area contributed by atoms with Gasteiger partial charge < -0.3 is 9.88 Å². The molecule has 8 heteroatoms. The number of rotatable bonds is 7. The number of thioether (sulfide) groups is 1. The summed E-state index contributed by atoms with van der Waals surface area (Å²) in [6.45, 7) is 6.74. The smallest absolute Gasteiger partial charge is 0.321 e. The predicted octanol–water partition coefficient (Wildman–Crippen LogP) is 3.82. The molecule has 6 nitrogen and oxygen atoms in total. The Hall–Kier alpha value is -1.73. The molecule has 0 bridgehead atoms. The van der Waals surface area contributed by atoms with Crippen molar-refractivity contribution in [1.82, 2.24) is 20.2 Å². The molecule has 1 heterocycles. The zero-order chi connectivity index (χ0) is 18.4. The lowest BCUT2D eigenvalue weighted by Gasteiger charge is -2.11. The molecule has 1 aromatic carbocycles. The minimum Gasteiger partial charge on any atom is -0.335 e. The molecule has 2 aromatic rings. The molecule has 0 saturated carbocycles. The number of halogens is 1. The van der Waals surface area contributed by atoms with E-state index in [-0.39, 0.29) is 17.7 Å². The van der Waals surface area contributed by atoms with Gasteiger partial charge in [-0.25, -0.2) is 9.78 Å². The van der Waals surface area contributed by atoms with Crippen LogP contribution in [0.1, 0.15) is 33.6 Å². The second kappa shape index (κ2) is 9.10. The Bertz CT molecular complexity index is 762. The second-order valence-electron chi connectivity index (χ2n) is 5.80. The molecule has 25 heavy (non-hydrogen) atoms. The monoisotopic (exact) mass is 382 g/mol. The van der Waals surface area contributed by atoms with Crippen LogP contribution in [0.3, 0.4) is 0 Å². The van der Waals surface area contributed by atoms with Crippen molar-refractivity contribution in [1.29, 1.82) is 0 Å². The summed E-state index contributed by atoms with van der Waals surface area (Å²) in [5, 5.41) is 6.42. The van der Waals surface area contributed by atoms with E-state index >= 15 is 0 Å². The number of fused-ring (bicyclic) bond motifs is 1. The summed E-state index contributed by atoms with van der Waals surface area (Å²) in [7, 11) is 0. The van der Waals surface area contributed by atoms with Crippen molar-refractivity contribution in [2.45, 2.75) is 51.4 Å². The van der Waals surface area contributed by atoms with Crippen molar-refractivity contribution < 1.29 is 9.59 Å². The summed E-state index contributed by atoms with van der Waals surface area (Å²) >= 11 is 7.34. The van der Waals surface area contributed by atoms with E-state index in [1.54, 1.807) is 0 Å². The van der Waals surface area contributed by atoms with Gasteiger partial charge in [-0.2, -0.15) is 0 Å². The van der Waals surface area contributed by atoms with E-state index in [0.717, 1.165) is 35.6 Å². The van der Waals surface area contributed by atoms with Crippen LogP contribution in [0.2, 0.25) is 5.02 Å². The van der Waals surface area contributed by atoms with Crippen LogP contribution in [0.4, 0.5) is 4.79 Å². The number of amides is 3. The maximum Gasteiger partial charge on any atom is 0.321 e. The fraction of sp³-hybridized carbons (Fsp3) is 0.471. The first-order valence-corrected chi connectivity index (χ1v) is 9.69. The quantitative estimate of drug-likeness (QED) is 0.714. The number of benzene rings is 1. The highest BCUT2D eigenvalue weighted by atomic mass is 35.5. The molecule has 3 amide bonds. The van der Waals surface area contributed by atoms with Gasteiger partial charge in [0.25, 0.3) is 0 Å². The number of urea groups is 1. The fourth-order valence-electron chi connectivity index (χ4n) is 2.29. The lowest BCUT2D eigenvalue weighted by atomic mass is 10.3. The van der Waals surface area contributed by atoms with Crippen molar-refractivity contribution in [3.8, 4) is 0 Å². The molecular weight excluding hydrogens is 360 g/mol. The molecule has 0 unspecified atom stereocenters. The zero-order valence-corrected chi connectivity index (χ0v) is 16.2. The first kappa shape index (κ1) is 19.6. The number of imide groups is 1. The molecule has 0 aliphatic carbocycles. The van der Waals surface area contributed by atoms with Crippen molar-refractivity contribution in [3.63, 3.8) is 0 Å². The first-order valence-electron chi connectivity index (χ1n) is 8.33. The Labute approximate surface area is 156 Å². The molecule has 1 aromatic heterocycles. The molecule has 2 rings (SSSR count). The Morgan fingerprint density at radius 3 is 2.80 bits per heavy atom. The van der Waals surface area contributed by atoms with Crippen molar-refractivity contribution in [2.75, 3.05) is 5.75 Å². The summed E-state index contributed by atoms with van der Waals surface area (Å²) in [5.41, 5.74) is 1.79. The molecule has 2 N–H and O–H groups in total. The van der Waals surface area contributed by atoms with Gasteiger partial charge in [-0.1, -0.05) is 37.2 Å². The standard InChI is InChI=1S/C17H23ClN4O2S/c1-4-8-22-14-7-6-12(18)9-13(14)20-17(22)25-10-15(23)21-16(24)19-11(3)5-2/h6-7,9,11H,4-5,8,10H2,1-3H3,(H2,19,21,23,24)/t11-/m0/s1. The third-order valence-electron chi connectivity index (χ3n) is 3.70. The third-order valence-corrected chi connectivity index (χ3v) is 4.91. The maximum atomic E-state index is 12.0. The number of carbonyl (C=O) groups excluding carboxylic acids is 2. The van der Waals surface area contributed by atoms with Crippen LogP contribution >= 0.6 is 23.4 Å². The van der Waals surface area contributed by atoms with Crippen LogP contribution in [0.5, 0.6) is 0 Å². The molecule has 0 aliphatic heterocycles. The molecule has 0 fully saturated rings. The van der Waals surface area contributed by atoms with E-state index < -0.39 is 6.03 Å². The number of carbonyl (C=O) groups is 2. The topological polar surface area (TPSA) is 76.0 Å². The summed E-state index contributed by atoms with van der Waals surface area (Å²) in [4.78, 5) is 28.2. The van der Waals surface area contributed by atoms with E-state index in [0.29, 0.717) is 5.02 Å². The van der Waals surface area contributed by atoms with Gasteiger partial charge in [-0.05, 0) is 38.0 Å². The number of nitrogens with one attached hydrogen (secondary N) is 2. The number of aromatic nitrogens is 2. The largest absolute Gasteiger partial charge is 0.335 e. The highest BCUT2D eigenvalue weighted by molar-refractivity contribution is 7.99. The third kappa shape index (κ3) is 5.37. The van der Waals surface area contributed by atoms with E-state index in [4.69, 9.17) is 11.6 Å². The highest BCUT2D eigenvalue weighted by Gasteiger charge is 2.15. The Kier molecular flexibility index (Phi) is 7.13. The molecule has 0 aliphatic rings. The van der Waals surface area contributed by atoms with Gasteiger partial charge in [0.1, 0.15) is 0 Å². The van der Waals surface area contributed by atoms with E-state index in [1.165, 1.54) is 11.8 Å². The van der Waals surface area contributed by atoms with Gasteiger partial charge in [0.2, 0.25) is 5.91 Å². The normalized spacial score (nSPS) is 12.2. The van der Waals surface area contributed by atoms with Gasteiger partial charge in [0.05, 0.1) is 16.8 Å². The number of hydrogen-bond donors (Lipinski definition) is 2. The van der Waals surface area contributed by atoms with Gasteiger partial charge in [-0.3, -0.25) is 10.1 Å². The van der Waals surface area contributed by atoms with Gasteiger partial charge in [-0.15, -0.1) is 0 Å². The average Bonchev–Trinajstić information content (AvgIpc) is 2.89. The lowest BCUT2D eigenvalue weighted by molar-refractivity contribution is -0.117. The molecule has 0 spiro atoms. The number of nitrogens with zero attached hydrogens (tertiary/aromatic N) is 2. The minimum absolute atomic E-state index is 0.0268. The van der Waals surface area contributed by atoms with E-state index in [9.17, 15) is 9.59 Å². The lowest BCUT2D eigenvalue weighted by Crippen LogP contribution is -2.43. The number of aryl methyl sites for hydroxylation is 1. The average molecular weight is 383 g/mol. The molecule has 0 saturated heterocycles. The van der Waals surface area contributed by atoms with Crippen LogP contribution in [0, 0.1) is 0 Å². The number of imidazole rings is 1. The van der Waals surface area contributed by atoms with Gasteiger partial charge in [0.15, 0.2) is 5.16 Å². The van der Waals surface area contributed by atoms with E-state index in [1.807, 2.05) is 32.0 Å². The van der Waals surface area contributed by atoms with E-state index in [2.05, 4.69) is 27.1 Å². The molecule has 1 atom stereocenters. The van der Waals surface area contributed by atoms with Crippen LogP contribution in [0.15, 0.2) is 23.4 Å². The van der Waals surface area contributed by atoms with Gasteiger partial charge in [0, 0.05) is 17.6 Å². The molecular formula is C17H23ClN4O2S. The minimum atomic E-state index is -0.464. The predicted molar refractivity (Wildman–Crippen MR) is 102 cm³/mol. The highest BCUT2D eigenvalue weighted by Crippen LogP contribution is 2.26. The summed E-state index contributed by atoms with van der Waals surface area (Å²) < 4.78 is 2.07. The summed E-state index contributed by atoms with van der Waals surface area (Å²) in [6.07, 6.45) is 1.76. The fourth-order valence-corrected chi connectivity index (χ4v) is 3.29. The molecule has 136 valence electrons. The van der Waals surface area contributed by atoms with Gasteiger partial charge >= 0.3 is 6.03 Å².